The lowest BCUT2D eigenvalue weighted by Crippen LogP contribution is -2.57. The predicted molar refractivity (Wildman–Crippen MR) is 97.4 cm³/mol. The van der Waals surface area contributed by atoms with Crippen molar-refractivity contribution < 1.29 is 15.4 Å². The minimum atomic E-state index is -0.109. The molecular formula is C21H29NO3. The van der Waals surface area contributed by atoms with Crippen LogP contribution in [0.5, 0.6) is 11.5 Å². The molecule has 0 amide bonds. The second kappa shape index (κ2) is 4.93. The third-order valence-electron chi connectivity index (χ3n) is 8.13. The Balaban J connectivity index is 1.83. The van der Waals surface area contributed by atoms with Crippen LogP contribution in [-0.4, -0.2) is 21.1 Å². The van der Waals surface area contributed by atoms with Crippen molar-refractivity contribution in [2.24, 2.45) is 27.8 Å². The van der Waals surface area contributed by atoms with Crippen molar-refractivity contribution in [2.75, 3.05) is 0 Å². The topological polar surface area (TPSA) is 73.1 Å². The van der Waals surface area contributed by atoms with Crippen molar-refractivity contribution in [3.8, 4) is 11.5 Å². The van der Waals surface area contributed by atoms with Gasteiger partial charge in [-0.05, 0) is 61.0 Å². The lowest BCUT2D eigenvalue weighted by atomic mass is 9.43. The van der Waals surface area contributed by atoms with Crippen LogP contribution in [0.25, 0.3) is 0 Å². The molecule has 0 aromatic heterocycles. The van der Waals surface area contributed by atoms with Gasteiger partial charge in [0.2, 0.25) is 0 Å². The first kappa shape index (κ1) is 16.7. The molecular weight excluding hydrogens is 314 g/mol. The molecule has 3 aliphatic carbocycles. The fraction of sp³-hybridized carbons (Fsp3) is 0.667. The van der Waals surface area contributed by atoms with Crippen LogP contribution in [0.4, 0.5) is 0 Å². The summed E-state index contributed by atoms with van der Waals surface area (Å²) < 4.78 is 0. The number of phenolic OH excluding ortho intramolecular Hbond substituents is 2. The van der Waals surface area contributed by atoms with E-state index in [0.717, 1.165) is 48.9 Å². The molecule has 1 aromatic rings. The molecule has 0 heterocycles. The first-order chi connectivity index (χ1) is 11.6. The summed E-state index contributed by atoms with van der Waals surface area (Å²) in [5, 5.41) is 33.6. The Morgan fingerprint density at radius 1 is 1.04 bits per heavy atom. The van der Waals surface area contributed by atoms with Crippen LogP contribution in [0.1, 0.15) is 64.5 Å². The maximum Gasteiger partial charge on any atom is 0.123 e. The first-order valence-electron chi connectivity index (χ1n) is 9.41. The molecule has 25 heavy (non-hydrogen) atoms. The number of benzene rings is 1. The van der Waals surface area contributed by atoms with Crippen LogP contribution in [0.3, 0.4) is 0 Å². The van der Waals surface area contributed by atoms with E-state index in [-0.39, 0.29) is 27.7 Å². The minimum absolute atomic E-state index is 0.0533. The van der Waals surface area contributed by atoms with Gasteiger partial charge in [-0.2, -0.15) is 0 Å². The van der Waals surface area contributed by atoms with E-state index in [0.29, 0.717) is 11.8 Å². The van der Waals surface area contributed by atoms with Gasteiger partial charge < -0.3 is 15.4 Å². The van der Waals surface area contributed by atoms with E-state index in [4.69, 9.17) is 0 Å². The minimum Gasteiger partial charge on any atom is -0.508 e. The highest BCUT2D eigenvalue weighted by atomic mass is 16.4. The second-order valence-electron chi connectivity index (χ2n) is 9.54. The van der Waals surface area contributed by atoms with Crippen molar-refractivity contribution in [3.05, 3.63) is 23.3 Å². The summed E-state index contributed by atoms with van der Waals surface area (Å²) in [6, 6.07) is 3.33. The summed E-state index contributed by atoms with van der Waals surface area (Å²) in [4.78, 5) is 0. The Bertz CT molecular complexity index is 769. The third kappa shape index (κ3) is 1.97. The first-order valence-corrected chi connectivity index (χ1v) is 9.41. The Morgan fingerprint density at radius 3 is 2.44 bits per heavy atom. The summed E-state index contributed by atoms with van der Waals surface area (Å²) in [6.07, 6.45) is 4.83. The SMILES string of the molecule is CC1(C)/C(=N/O)CCC2(C)C1CC[C@@]1(C)c3c(O)cc(O)cc3CC21. The number of oxime groups is 1. The van der Waals surface area contributed by atoms with Crippen LogP contribution < -0.4 is 0 Å². The zero-order chi connectivity index (χ0) is 18.2. The van der Waals surface area contributed by atoms with E-state index < -0.39 is 0 Å². The standard InChI is InChI=1S/C21H29NO3/c1-19(2)15-5-7-21(4)16(20(15,3)8-6-17(19)22-25)10-12-9-13(23)11-14(24)18(12)21/h9,11,15-16,23-25H,5-8,10H2,1-4H3/b22-17+/t15?,16?,20?,21-/m1/s1. The molecule has 0 bridgehead atoms. The van der Waals surface area contributed by atoms with Crippen molar-refractivity contribution in [2.45, 2.75) is 65.2 Å². The van der Waals surface area contributed by atoms with Gasteiger partial charge in [0.15, 0.2) is 0 Å². The van der Waals surface area contributed by atoms with E-state index in [1.165, 1.54) is 6.07 Å². The van der Waals surface area contributed by atoms with E-state index >= 15 is 0 Å². The van der Waals surface area contributed by atoms with Gasteiger partial charge >= 0.3 is 0 Å². The van der Waals surface area contributed by atoms with E-state index in [2.05, 4.69) is 32.9 Å². The summed E-state index contributed by atoms with van der Waals surface area (Å²) in [5.41, 5.74) is 3.05. The molecule has 0 radical (unpaired) electrons. The van der Waals surface area contributed by atoms with Crippen LogP contribution in [0.2, 0.25) is 0 Å². The average Bonchev–Trinajstić information content (AvgIpc) is 2.80. The molecule has 4 nitrogen and oxygen atoms in total. The summed E-state index contributed by atoms with van der Waals surface area (Å²) in [5.74, 6) is 1.29. The van der Waals surface area contributed by atoms with Gasteiger partial charge in [0.1, 0.15) is 11.5 Å². The second-order valence-corrected chi connectivity index (χ2v) is 9.54. The van der Waals surface area contributed by atoms with E-state index in [1.54, 1.807) is 0 Å². The van der Waals surface area contributed by atoms with Crippen LogP contribution in [0.15, 0.2) is 17.3 Å². The number of aromatic hydroxyl groups is 2. The van der Waals surface area contributed by atoms with Crippen molar-refractivity contribution >= 4 is 5.71 Å². The molecule has 0 aliphatic heterocycles. The van der Waals surface area contributed by atoms with Gasteiger partial charge in [0.05, 0.1) is 5.71 Å². The van der Waals surface area contributed by atoms with Gasteiger partial charge in [-0.15, -0.1) is 0 Å². The normalized spacial score (nSPS) is 40.4. The molecule has 4 heteroatoms. The number of phenols is 2. The molecule has 3 aliphatic rings. The maximum absolute atomic E-state index is 10.6. The molecule has 0 spiro atoms. The van der Waals surface area contributed by atoms with Crippen molar-refractivity contribution in [1.29, 1.82) is 0 Å². The summed E-state index contributed by atoms with van der Waals surface area (Å²) >= 11 is 0. The average molecular weight is 343 g/mol. The zero-order valence-electron chi connectivity index (χ0n) is 15.6. The van der Waals surface area contributed by atoms with Gasteiger partial charge in [-0.3, -0.25) is 0 Å². The fourth-order valence-electron chi connectivity index (χ4n) is 7.01. The third-order valence-corrected chi connectivity index (χ3v) is 8.13. The van der Waals surface area contributed by atoms with Gasteiger partial charge in [0.25, 0.3) is 0 Å². The van der Waals surface area contributed by atoms with Gasteiger partial charge in [-0.1, -0.05) is 32.9 Å². The highest BCUT2D eigenvalue weighted by molar-refractivity contribution is 5.90. The van der Waals surface area contributed by atoms with E-state index in [9.17, 15) is 15.4 Å². The molecule has 2 saturated carbocycles. The highest BCUT2D eigenvalue weighted by Crippen LogP contribution is 2.68. The molecule has 4 atom stereocenters. The van der Waals surface area contributed by atoms with Gasteiger partial charge in [-0.25, -0.2) is 0 Å². The monoisotopic (exact) mass is 343 g/mol. The lowest BCUT2D eigenvalue weighted by molar-refractivity contribution is -0.0612. The number of rotatable bonds is 0. The Labute approximate surface area is 149 Å². The molecule has 1 aromatic carbocycles. The predicted octanol–water partition coefficient (Wildman–Crippen LogP) is 4.59. The highest BCUT2D eigenvalue weighted by Gasteiger charge is 2.62. The molecule has 4 rings (SSSR count). The zero-order valence-corrected chi connectivity index (χ0v) is 15.6. The van der Waals surface area contributed by atoms with Crippen LogP contribution in [0, 0.1) is 22.7 Å². The molecule has 3 N–H and O–H groups in total. The van der Waals surface area contributed by atoms with E-state index in [1.807, 2.05) is 6.07 Å². The van der Waals surface area contributed by atoms with Gasteiger partial charge in [0, 0.05) is 22.5 Å². The number of fused-ring (bicyclic) bond motifs is 5. The Morgan fingerprint density at radius 2 is 1.76 bits per heavy atom. The quantitative estimate of drug-likeness (QED) is 0.476. The lowest BCUT2D eigenvalue weighted by Gasteiger charge is -2.61. The molecule has 0 saturated heterocycles. The Kier molecular flexibility index (Phi) is 3.30. The number of hydrogen-bond acceptors (Lipinski definition) is 4. The number of nitrogens with zero attached hydrogens (tertiary/aromatic N) is 1. The van der Waals surface area contributed by atoms with Crippen molar-refractivity contribution in [1.82, 2.24) is 0 Å². The number of hydrogen-bond donors (Lipinski definition) is 3. The molecule has 2 fully saturated rings. The molecule has 136 valence electrons. The molecule has 3 unspecified atom stereocenters. The van der Waals surface area contributed by atoms with Crippen LogP contribution >= 0.6 is 0 Å². The summed E-state index contributed by atoms with van der Waals surface area (Å²) in [6.45, 7) is 9.14. The Hall–Kier alpha value is -1.71. The maximum atomic E-state index is 10.6. The summed E-state index contributed by atoms with van der Waals surface area (Å²) in [7, 11) is 0. The van der Waals surface area contributed by atoms with Crippen LogP contribution in [-0.2, 0) is 11.8 Å². The fourth-order valence-corrected chi connectivity index (χ4v) is 7.01. The van der Waals surface area contributed by atoms with Crippen molar-refractivity contribution in [3.63, 3.8) is 0 Å². The largest absolute Gasteiger partial charge is 0.508 e. The smallest absolute Gasteiger partial charge is 0.123 e.